The van der Waals surface area contributed by atoms with E-state index in [0.29, 0.717) is 0 Å². The number of amides is 1. The number of ether oxygens (including phenoxy) is 1. The van der Waals surface area contributed by atoms with Crippen LogP contribution in [0.4, 0.5) is 4.79 Å². The summed E-state index contributed by atoms with van der Waals surface area (Å²) in [7, 11) is 1.16. The first-order valence-electron chi connectivity index (χ1n) is 4.10. The second-order valence-electron chi connectivity index (χ2n) is 2.16. The Morgan fingerprint density at radius 1 is 1.75 bits per heavy atom. The molecular formula is C7H13NO4. The number of carbonyl (C=O) groups excluding carboxylic acids is 1. The maximum Gasteiger partial charge on any atom is 0.406 e. The van der Waals surface area contributed by atoms with Crippen LogP contribution < -0.4 is 5.32 Å². The highest BCUT2D eigenvalue weighted by molar-refractivity contribution is 5.72. The van der Waals surface area contributed by atoms with E-state index in [1.807, 2.05) is 0 Å². The van der Waals surface area contributed by atoms with E-state index >= 15 is 0 Å². The summed E-state index contributed by atoms with van der Waals surface area (Å²) in [6.07, 6.45) is -0.507. The Morgan fingerprint density at radius 3 is 2.67 bits per heavy atom. The molecule has 5 nitrogen and oxygen atoms in total. The number of aliphatic carboxylic acids is 1. The van der Waals surface area contributed by atoms with E-state index in [9.17, 15) is 9.59 Å². The van der Waals surface area contributed by atoms with Gasteiger partial charge in [0.2, 0.25) is 0 Å². The highest BCUT2D eigenvalue weighted by Crippen LogP contribution is 1.99. The topological polar surface area (TPSA) is 75.6 Å². The molecule has 0 aliphatic carbocycles. The maximum atomic E-state index is 10.6. The van der Waals surface area contributed by atoms with Crippen molar-refractivity contribution in [1.82, 2.24) is 5.32 Å². The third kappa shape index (κ3) is 3.80. The van der Waals surface area contributed by atoms with Gasteiger partial charge in [0, 0.05) is 6.52 Å². The summed E-state index contributed by atoms with van der Waals surface area (Å²) in [6, 6.07) is 0. The van der Waals surface area contributed by atoms with Crippen LogP contribution in [0, 0.1) is 5.92 Å². The number of rotatable bonds is 4. The largest absolute Gasteiger partial charge is 0.481 e. The van der Waals surface area contributed by atoms with Crippen LogP contribution in [-0.4, -0.2) is 30.8 Å². The summed E-state index contributed by atoms with van der Waals surface area (Å²) in [4.78, 5) is 21.1. The third-order valence-corrected chi connectivity index (χ3v) is 1.34. The molecule has 0 fully saturated rings. The summed E-state index contributed by atoms with van der Waals surface area (Å²) >= 11 is 0. The maximum absolute atomic E-state index is 10.6. The van der Waals surface area contributed by atoms with Crippen LogP contribution in [0.3, 0.4) is 0 Å². The van der Waals surface area contributed by atoms with Crippen molar-refractivity contribution < 1.29 is 20.8 Å². The van der Waals surface area contributed by atoms with E-state index in [2.05, 4.69) is 10.1 Å². The number of nitrogens with one attached hydrogen (secondary N) is 1. The predicted octanol–water partition coefficient (Wildman–Crippen LogP) is 0.453. The molecule has 0 heterocycles. The molecule has 0 aromatic rings. The SMILES string of the molecule is [2H]C(NC(=O)OC)C(CC)C(=O)O. The van der Waals surface area contributed by atoms with Gasteiger partial charge in [0.25, 0.3) is 0 Å². The second kappa shape index (κ2) is 5.40. The fraction of sp³-hybridized carbons (Fsp3) is 0.714. The zero-order valence-electron chi connectivity index (χ0n) is 8.03. The summed E-state index contributed by atoms with van der Waals surface area (Å²) in [5.41, 5.74) is 0. The van der Waals surface area contributed by atoms with Gasteiger partial charge in [-0.25, -0.2) is 4.79 Å². The van der Waals surface area contributed by atoms with Gasteiger partial charge in [-0.05, 0) is 6.42 Å². The first-order valence-corrected chi connectivity index (χ1v) is 3.52. The number of carbonyl (C=O) groups is 2. The van der Waals surface area contributed by atoms with Crippen LogP contribution >= 0.6 is 0 Å². The minimum absolute atomic E-state index is 0.285. The number of alkyl carbamates (subject to hydrolysis) is 1. The minimum atomic E-state index is -1.17. The molecule has 0 aliphatic heterocycles. The van der Waals surface area contributed by atoms with E-state index in [4.69, 9.17) is 6.48 Å². The second-order valence-corrected chi connectivity index (χ2v) is 2.16. The summed E-state index contributed by atoms with van der Waals surface area (Å²) < 4.78 is 11.5. The smallest absolute Gasteiger partial charge is 0.406 e. The fourth-order valence-electron chi connectivity index (χ4n) is 0.591. The van der Waals surface area contributed by atoms with Crippen molar-refractivity contribution >= 4 is 12.1 Å². The molecule has 2 atom stereocenters. The average molecular weight is 176 g/mol. The highest BCUT2D eigenvalue weighted by atomic mass is 16.5. The average Bonchev–Trinajstić information content (AvgIpc) is 2.04. The van der Waals surface area contributed by atoms with E-state index in [-0.39, 0.29) is 6.42 Å². The predicted molar refractivity (Wildman–Crippen MR) is 41.8 cm³/mol. The standard InChI is InChI=1S/C7H13NO4/c1-3-5(6(9)10)4-8-7(11)12-2/h5H,3-4H2,1-2H3,(H,8,11)(H,9,10)/i4D. The molecular weight excluding hydrogens is 162 g/mol. The zero-order chi connectivity index (χ0) is 10.4. The van der Waals surface area contributed by atoms with Gasteiger partial charge in [0.15, 0.2) is 0 Å². The lowest BCUT2D eigenvalue weighted by Gasteiger charge is -2.09. The van der Waals surface area contributed by atoms with Crippen LogP contribution in [0.2, 0.25) is 0 Å². The van der Waals surface area contributed by atoms with Crippen LogP contribution in [0.15, 0.2) is 0 Å². The molecule has 0 radical (unpaired) electrons. The molecule has 0 aromatic carbocycles. The van der Waals surface area contributed by atoms with E-state index in [1.165, 1.54) is 0 Å². The van der Waals surface area contributed by atoms with Crippen molar-refractivity contribution in [2.45, 2.75) is 13.3 Å². The van der Waals surface area contributed by atoms with Gasteiger partial charge in [-0.15, -0.1) is 0 Å². The van der Waals surface area contributed by atoms with Crippen molar-refractivity contribution in [2.24, 2.45) is 5.92 Å². The summed E-state index contributed by atoms with van der Waals surface area (Å²) in [5.74, 6) is -2.00. The number of hydrogen-bond donors (Lipinski definition) is 2. The van der Waals surface area contributed by atoms with Crippen molar-refractivity contribution in [3.8, 4) is 0 Å². The van der Waals surface area contributed by atoms with Crippen LogP contribution in [0.25, 0.3) is 0 Å². The molecule has 0 saturated carbocycles. The van der Waals surface area contributed by atoms with Gasteiger partial charge in [-0.3, -0.25) is 4.79 Å². The van der Waals surface area contributed by atoms with Gasteiger partial charge in [0.1, 0.15) is 0 Å². The van der Waals surface area contributed by atoms with E-state index in [0.717, 1.165) is 7.11 Å². The van der Waals surface area contributed by atoms with Crippen molar-refractivity contribution in [1.29, 1.82) is 0 Å². The van der Waals surface area contributed by atoms with Gasteiger partial charge in [-0.1, -0.05) is 6.92 Å². The molecule has 12 heavy (non-hydrogen) atoms. The molecule has 0 spiro atoms. The molecule has 0 bridgehead atoms. The monoisotopic (exact) mass is 176 g/mol. The lowest BCUT2D eigenvalue weighted by molar-refractivity contribution is -0.141. The van der Waals surface area contributed by atoms with Gasteiger partial charge >= 0.3 is 12.1 Å². The Morgan fingerprint density at radius 2 is 2.33 bits per heavy atom. The number of carboxylic acids is 1. The lowest BCUT2D eigenvalue weighted by Crippen LogP contribution is -2.32. The molecule has 5 heteroatoms. The molecule has 70 valence electrons. The molecule has 2 N–H and O–H groups in total. The van der Waals surface area contributed by atoms with Crippen LogP contribution in [-0.2, 0) is 9.53 Å². The number of hydrogen-bond acceptors (Lipinski definition) is 3. The highest BCUT2D eigenvalue weighted by Gasteiger charge is 2.15. The Kier molecular flexibility index (Phi) is 3.97. The van der Waals surface area contributed by atoms with Crippen molar-refractivity contribution in [2.75, 3.05) is 13.6 Å². The molecule has 0 rings (SSSR count). The molecule has 0 saturated heterocycles. The Bertz CT molecular complexity index is 197. The molecule has 1 amide bonds. The lowest BCUT2D eigenvalue weighted by atomic mass is 10.1. The number of methoxy groups -OCH3 is 1. The number of carboxylic acid groups (broad SMARTS) is 1. The van der Waals surface area contributed by atoms with E-state index in [1.54, 1.807) is 6.92 Å². The van der Waals surface area contributed by atoms with Gasteiger partial charge in [0.05, 0.1) is 14.4 Å². The molecule has 0 aromatic heterocycles. The zero-order valence-corrected chi connectivity index (χ0v) is 7.03. The first kappa shape index (κ1) is 8.83. The first-order chi connectivity index (χ1) is 6.02. The van der Waals surface area contributed by atoms with Crippen molar-refractivity contribution in [3.63, 3.8) is 0 Å². The van der Waals surface area contributed by atoms with Crippen molar-refractivity contribution in [3.05, 3.63) is 0 Å². The quantitative estimate of drug-likeness (QED) is 0.652. The van der Waals surface area contributed by atoms with Crippen LogP contribution in [0.1, 0.15) is 14.7 Å². The fourth-order valence-corrected chi connectivity index (χ4v) is 0.591. The van der Waals surface area contributed by atoms with Gasteiger partial charge < -0.3 is 15.2 Å². The third-order valence-electron chi connectivity index (χ3n) is 1.34. The molecule has 2 unspecified atom stereocenters. The summed E-state index contributed by atoms with van der Waals surface area (Å²) in [6.45, 7) is 0.467. The normalized spacial score (nSPS) is 15.7. The van der Waals surface area contributed by atoms with E-state index < -0.39 is 24.5 Å². The van der Waals surface area contributed by atoms with Crippen LogP contribution in [0.5, 0.6) is 0 Å². The minimum Gasteiger partial charge on any atom is -0.481 e. The Labute approximate surface area is 72.1 Å². The molecule has 0 aliphatic rings. The summed E-state index contributed by atoms with van der Waals surface area (Å²) in [5, 5.41) is 10.7. The Balaban J connectivity index is 4.13. The van der Waals surface area contributed by atoms with Gasteiger partial charge in [-0.2, -0.15) is 0 Å². The Hall–Kier alpha value is -1.26.